The summed E-state index contributed by atoms with van der Waals surface area (Å²) in [5, 5.41) is 12.7. The number of hydrogen-bond donors (Lipinski definition) is 2. The van der Waals surface area contributed by atoms with Gasteiger partial charge in [-0.1, -0.05) is 31.2 Å². The van der Waals surface area contributed by atoms with Gasteiger partial charge in [0.15, 0.2) is 11.5 Å². The quantitative estimate of drug-likeness (QED) is 0.232. The largest absolute Gasteiger partial charge is 0.480 e. The average molecular weight is 628 g/mol. The highest BCUT2D eigenvalue weighted by molar-refractivity contribution is 5.89. The van der Waals surface area contributed by atoms with E-state index in [-0.39, 0.29) is 18.1 Å². The van der Waals surface area contributed by atoms with Crippen LogP contribution in [0.15, 0.2) is 48.5 Å². The fourth-order valence-electron chi connectivity index (χ4n) is 3.96. The van der Waals surface area contributed by atoms with Gasteiger partial charge in [0.2, 0.25) is 0 Å². The number of nitrogens with one attached hydrogen (secondary N) is 1. The fourth-order valence-corrected chi connectivity index (χ4v) is 3.96. The lowest BCUT2D eigenvalue weighted by molar-refractivity contribution is -0.145. The molecule has 0 aliphatic rings. The summed E-state index contributed by atoms with van der Waals surface area (Å²) in [6, 6.07) is 11.0. The van der Waals surface area contributed by atoms with Gasteiger partial charge in [-0.05, 0) is 98.1 Å². The van der Waals surface area contributed by atoms with Crippen molar-refractivity contribution in [2.75, 3.05) is 6.61 Å². The maximum absolute atomic E-state index is 12.9. The number of carbonyl (C=O) groups is 5. The van der Waals surface area contributed by atoms with E-state index in [4.69, 9.17) is 18.9 Å². The highest BCUT2D eigenvalue weighted by atomic mass is 16.6. The molecule has 1 amide bonds. The number of carboxylic acids is 1. The number of carbonyl (C=O) groups excluding carboxylic acids is 4. The van der Waals surface area contributed by atoms with Crippen LogP contribution in [0.3, 0.4) is 0 Å². The molecule has 0 aliphatic heterocycles. The van der Waals surface area contributed by atoms with Crippen molar-refractivity contribution < 1.29 is 48.0 Å². The number of rotatable bonds is 10. The number of benzene rings is 2. The number of carboxylic acid groups (broad SMARTS) is 1. The number of esters is 3. The van der Waals surface area contributed by atoms with Gasteiger partial charge in [-0.25, -0.2) is 14.4 Å². The van der Waals surface area contributed by atoms with Crippen LogP contribution in [-0.2, 0) is 23.9 Å². The molecule has 0 spiro atoms. The lowest BCUT2D eigenvalue weighted by Crippen LogP contribution is -2.48. The highest BCUT2D eigenvalue weighted by Gasteiger charge is 2.38. The molecule has 0 fully saturated rings. The van der Waals surface area contributed by atoms with E-state index in [2.05, 4.69) is 5.32 Å². The second-order valence-corrected chi connectivity index (χ2v) is 13.9. The Labute approximate surface area is 264 Å². The molecule has 246 valence electrons. The van der Waals surface area contributed by atoms with Crippen LogP contribution < -0.4 is 14.8 Å². The molecular weight excluding hydrogens is 582 g/mol. The van der Waals surface area contributed by atoms with Crippen LogP contribution in [0.5, 0.6) is 11.5 Å². The minimum Gasteiger partial charge on any atom is -0.480 e. The fraction of sp³-hybridized carbons (Fsp3) is 0.500. The smallest absolute Gasteiger partial charge is 0.408 e. The Morgan fingerprint density at radius 2 is 1.31 bits per heavy atom. The van der Waals surface area contributed by atoms with Crippen LogP contribution in [0.25, 0.3) is 0 Å². The SMILES string of the molecule is C[C@@H](COC(=O)c1ccccc1)C(c1ccc(OC(=O)C(C)(C)C)c(OC(=O)C(C)(C)C)c1)[C@H](NC(=O)OC(C)(C)C)C(=O)O. The van der Waals surface area contributed by atoms with Gasteiger partial charge in [0.25, 0.3) is 0 Å². The summed E-state index contributed by atoms with van der Waals surface area (Å²) in [5.41, 5.74) is -2.11. The maximum atomic E-state index is 12.9. The molecule has 0 saturated heterocycles. The molecule has 2 aromatic rings. The van der Waals surface area contributed by atoms with E-state index < -0.39 is 64.3 Å². The van der Waals surface area contributed by atoms with Crippen molar-refractivity contribution >= 4 is 30.0 Å². The van der Waals surface area contributed by atoms with Crippen LogP contribution in [-0.4, -0.2) is 53.3 Å². The molecule has 3 atom stereocenters. The van der Waals surface area contributed by atoms with Crippen molar-refractivity contribution in [2.24, 2.45) is 16.7 Å². The third-order valence-electron chi connectivity index (χ3n) is 6.38. The van der Waals surface area contributed by atoms with E-state index in [1.165, 1.54) is 18.2 Å². The average Bonchev–Trinajstić information content (AvgIpc) is 2.90. The normalized spacial score (nSPS) is 13.9. The summed E-state index contributed by atoms with van der Waals surface area (Å²) in [6.07, 6.45) is -0.969. The second-order valence-electron chi connectivity index (χ2n) is 13.9. The van der Waals surface area contributed by atoms with Gasteiger partial charge in [0, 0.05) is 5.92 Å². The number of alkyl carbamates (subject to hydrolysis) is 1. The van der Waals surface area contributed by atoms with Gasteiger partial charge in [-0.2, -0.15) is 0 Å². The van der Waals surface area contributed by atoms with Crippen LogP contribution in [0, 0.1) is 16.7 Å². The maximum Gasteiger partial charge on any atom is 0.408 e. The number of hydrogen-bond acceptors (Lipinski definition) is 9. The molecule has 45 heavy (non-hydrogen) atoms. The van der Waals surface area contributed by atoms with Crippen molar-refractivity contribution in [1.82, 2.24) is 5.32 Å². The second kappa shape index (κ2) is 14.6. The van der Waals surface area contributed by atoms with Gasteiger partial charge in [0.05, 0.1) is 23.0 Å². The van der Waals surface area contributed by atoms with Crippen molar-refractivity contribution in [3.05, 3.63) is 59.7 Å². The first kappa shape index (κ1) is 36.8. The Morgan fingerprint density at radius 3 is 1.80 bits per heavy atom. The topological polar surface area (TPSA) is 155 Å². The molecule has 0 bridgehead atoms. The number of aliphatic carboxylic acids is 1. The summed E-state index contributed by atoms with van der Waals surface area (Å²) in [7, 11) is 0. The van der Waals surface area contributed by atoms with E-state index >= 15 is 0 Å². The van der Waals surface area contributed by atoms with E-state index in [0.29, 0.717) is 11.1 Å². The lowest BCUT2D eigenvalue weighted by Gasteiger charge is -2.31. The number of ether oxygens (including phenoxy) is 4. The minimum atomic E-state index is -1.57. The first-order valence-corrected chi connectivity index (χ1v) is 14.6. The third-order valence-corrected chi connectivity index (χ3v) is 6.38. The molecule has 2 rings (SSSR count). The van der Waals surface area contributed by atoms with Gasteiger partial charge in [0.1, 0.15) is 11.6 Å². The predicted molar refractivity (Wildman–Crippen MR) is 166 cm³/mol. The zero-order chi connectivity index (χ0) is 34.3. The molecule has 2 aromatic carbocycles. The molecule has 11 nitrogen and oxygen atoms in total. The summed E-state index contributed by atoms with van der Waals surface area (Å²) in [5.74, 6) is -5.14. The third kappa shape index (κ3) is 11.2. The molecule has 1 unspecified atom stereocenters. The van der Waals surface area contributed by atoms with Crippen molar-refractivity contribution in [1.29, 1.82) is 0 Å². The predicted octanol–water partition coefficient (Wildman–Crippen LogP) is 6.14. The van der Waals surface area contributed by atoms with Crippen molar-refractivity contribution in [3.8, 4) is 11.5 Å². The van der Waals surface area contributed by atoms with E-state index in [1.807, 2.05) is 0 Å². The molecule has 0 heterocycles. The minimum absolute atomic E-state index is 0.0508. The Hall–Kier alpha value is -4.41. The Balaban J connectivity index is 2.63. The molecule has 11 heteroatoms. The molecular formula is C34H45NO10. The summed E-state index contributed by atoms with van der Waals surface area (Å²) in [4.78, 5) is 63.8. The molecule has 0 saturated carbocycles. The van der Waals surface area contributed by atoms with E-state index in [9.17, 15) is 29.1 Å². The van der Waals surface area contributed by atoms with E-state index in [1.54, 1.807) is 99.6 Å². The van der Waals surface area contributed by atoms with Crippen LogP contribution in [0.2, 0.25) is 0 Å². The molecule has 0 aliphatic carbocycles. The highest BCUT2D eigenvalue weighted by Crippen LogP contribution is 2.38. The molecule has 0 radical (unpaired) electrons. The standard InChI is InChI=1S/C34H45NO10/c1-20(19-42-28(38)21-14-12-11-13-15-21)25(26(27(36)37)35-31(41)45-34(8,9)10)22-16-17-23(43-29(39)32(2,3)4)24(18-22)44-30(40)33(5,6)7/h11-18,20,25-26H,19H2,1-10H3,(H,35,41)(H,36,37)/t20-,25?,26-/m0/s1. The van der Waals surface area contributed by atoms with Crippen LogP contribution in [0.1, 0.15) is 91.1 Å². The van der Waals surface area contributed by atoms with Gasteiger partial charge < -0.3 is 29.4 Å². The molecule has 2 N–H and O–H groups in total. The lowest BCUT2D eigenvalue weighted by atomic mass is 9.81. The first-order chi connectivity index (χ1) is 20.6. The summed E-state index contributed by atoms with van der Waals surface area (Å²) in [6.45, 7) is 16.3. The summed E-state index contributed by atoms with van der Waals surface area (Å²) < 4.78 is 22.1. The molecule has 0 aromatic heterocycles. The van der Waals surface area contributed by atoms with Gasteiger partial charge in [-0.15, -0.1) is 0 Å². The Bertz CT molecular complexity index is 1380. The van der Waals surface area contributed by atoms with Crippen LogP contribution in [0.4, 0.5) is 4.79 Å². The van der Waals surface area contributed by atoms with Gasteiger partial charge in [-0.3, -0.25) is 9.59 Å². The first-order valence-electron chi connectivity index (χ1n) is 14.6. The van der Waals surface area contributed by atoms with E-state index in [0.717, 1.165) is 0 Å². The monoisotopic (exact) mass is 627 g/mol. The zero-order valence-electron chi connectivity index (χ0n) is 27.7. The van der Waals surface area contributed by atoms with Crippen LogP contribution >= 0.6 is 0 Å². The Kier molecular flexibility index (Phi) is 11.9. The Morgan fingerprint density at radius 1 is 0.778 bits per heavy atom. The van der Waals surface area contributed by atoms with Gasteiger partial charge >= 0.3 is 30.0 Å². The summed E-state index contributed by atoms with van der Waals surface area (Å²) >= 11 is 0. The van der Waals surface area contributed by atoms with Crippen molar-refractivity contribution in [3.63, 3.8) is 0 Å². The zero-order valence-corrected chi connectivity index (χ0v) is 27.7. The number of amides is 1. The van der Waals surface area contributed by atoms with Crippen molar-refractivity contribution in [2.45, 2.75) is 86.8 Å².